The van der Waals surface area contributed by atoms with Crippen LogP contribution in [0.25, 0.3) is 0 Å². The second-order valence-corrected chi connectivity index (χ2v) is 4.56. The third-order valence-corrected chi connectivity index (χ3v) is 2.93. The SMILES string of the molecule is CCC(C)C(=O)OCCCCOC(=O)c1cccnc1. The quantitative estimate of drug-likeness (QED) is 0.540. The summed E-state index contributed by atoms with van der Waals surface area (Å²) in [6.45, 7) is 4.48. The van der Waals surface area contributed by atoms with Crippen molar-refractivity contribution in [1.82, 2.24) is 4.98 Å². The van der Waals surface area contributed by atoms with E-state index in [1.807, 2.05) is 13.8 Å². The van der Waals surface area contributed by atoms with Crippen LogP contribution >= 0.6 is 0 Å². The molecule has 1 unspecified atom stereocenters. The van der Waals surface area contributed by atoms with Gasteiger partial charge in [0.25, 0.3) is 0 Å². The van der Waals surface area contributed by atoms with Gasteiger partial charge in [-0.2, -0.15) is 0 Å². The monoisotopic (exact) mass is 279 g/mol. The van der Waals surface area contributed by atoms with E-state index >= 15 is 0 Å². The topological polar surface area (TPSA) is 65.5 Å². The molecule has 1 heterocycles. The van der Waals surface area contributed by atoms with E-state index in [4.69, 9.17) is 9.47 Å². The average molecular weight is 279 g/mol. The fraction of sp³-hybridized carbons (Fsp3) is 0.533. The van der Waals surface area contributed by atoms with Crippen LogP contribution in [-0.4, -0.2) is 30.1 Å². The number of carbonyl (C=O) groups is 2. The largest absolute Gasteiger partial charge is 0.465 e. The molecule has 0 aliphatic heterocycles. The Kier molecular flexibility index (Phi) is 7.32. The molecule has 0 radical (unpaired) electrons. The lowest BCUT2D eigenvalue weighted by Gasteiger charge is -2.09. The second kappa shape index (κ2) is 9.07. The average Bonchev–Trinajstić information content (AvgIpc) is 2.50. The van der Waals surface area contributed by atoms with Crippen LogP contribution < -0.4 is 0 Å². The first-order valence-electron chi connectivity index (χ1n) is 6.89. The van der Waals surface area contributed by atoms with Crippen LogP contribution in [0.15, 0.2) is 24.5 Å². The first-order chi connectivity index (χ1) is 9.65. The van der Waals surface area contributed by atoms with Crippen molar-refractivity contribution in [2.75, 3.05) is 13.2 Å². The van der Waals surface area contributed by atoms with E-state index < -0.39 is 0 Å². The summed E-state index contributed by atoms with van der Waals surface area (Å²) in [7, 11) is 0. The Bertz CT molecular complexity index is 419. The van der Waals surface area contributed by atoms with Crippen molar-refractivity contribution in [2.24, 2.45) is 5.92 Å². The van der Waals surface area contributed by atoms with Crippen LogP contribution in [0.2, 0.25) is 0 Å². The molecule has 0 amide bonds. The Morgan fingerprint density at radius 2 is 1.95 bits per heavy atom. The minimum absolute atomic E-state index is 0.0570. The molecule has 5 heteroatoms. The van der Waals surface area contributed by atoms with Gasteiger partial charge in [-0.3, -0.25) is 9.78 Å². The molecule has 0 N–H and O–H groups in total. The van der Waals surface area contributed by atoms with Gasteiger partial charge >= 0.3 is 11.9 Å². The number of hydrogen-bond acceptors (Lipinski definition) is 5. The molecule has 0 bridgehead atoms. The first kappa shape index (κ1) is 16.1. The van der Waals surface area contributed by atoms with Gasteiger partial charge in [-0.25, -0.2) is 4.79 Å². The molecule has 20 heavy (non-hydrogen) atoms. The Hall–Kier alpha value is -1.91. The highest BCUT2D eigenvalue weighted by Gasteiger charge is 2.11. The fourth-order valence-corrected chi connectivity index (χ4v) is 1.42. The molecule has 110 valence electrons. The van der Waals surface area contributed by atoms with E-state index in [1.54, 1.807) is 18.3 Å². The van der Waals surface area contributed by atoms with E-state index in [2.05, 4.69) is 4.98 Å². The van der Waals surface area contributed by atoms with E-state index in [0.717, 1.165) is 6.42 Å². The minimum atomic E-state index is -0.380. The summed E-state index contributed by atoms with van der Waals surface area (Å²) < 4.78 is 10.2. The summed E-state index contributed by atoms with van der Waals surface area (Å²) in [5.74, 6) is -0.604. The summed E-state index contributed by atoms with van der Waals surface area (Å²) in [6, 6.07) is 3.34. The molecule has 0 aromatic carbocycles. The highest BCUT2D eigenvalue weighted by molar-refractivity contribution is 5.88. The van der Waals surface area contributed by atoms with Crippen LogP contribution in [0.5, 0.6) is 0 Å². The number of hydrogen-bond donors (Lipinski definition) is 0. The van der Waals surface area contributed by atoms with E-state index in [-0.39, 0.29) is 17.9 Å². The molecule has 0 saturated carbocycles. The number of ether oxygens (including phenoxy) is 2. The molecular weight excluding hydrogens is 258 g/mol. The maximum atomic E-state index is 11.6. The fourth-order valence-electron chi connectivity index (χ4n) is 1.42. The molecule has 0 aliphatic carbocycles. The molecule has 1 aromatic heterocycles. The standard InChI is InChI=1S/C15H21NO4/c1-3-12(2)14(17)19-9-4-5-10-20-15(18)13-7-6-8-16-11-13/h6-8,11-12H,3-5,9-10H2,1-2H3. The number of nitrogens with zero attached hydrogens (tertiary/aromatic N) is 1. The minimum Gasteiger partial charge on any atom is -0.465 e. The molecule has 0 aliphatic rings. The van der Waals surface area contributed by atoms with Gasteiger partial charge in [0.15, 0.2) is 0 Å². The van der Waals surface area contributed by atoms with Crippen LogP contribution in [-0.2, 0) is 14.3 Å². The third-order valence-electron chi connectivity index (χ3n) is 2.93. The van der Waals surface area contributed by atoms with Gasteiger partial charge in [0, 0.05) is 12.4 Å². The van der Waals surface area contributed by atoms with Crippen molar-refractivity contribution >= 4 is 11.9 Å². The lowest BCUT2D eigenvalue weighted by Crippen LogP contribution is -2.15. The summed E-state index contributed by atoms with van der Waals surface area (Å²) in [5, 5.41) is 0. The summed E-state index contributed by atoms with van der Waals surface area (Å²) in [4.78, 5) is 26.8. The van der Waals surface area contributed by atoms with Gasteiger partial charge in [-0.15, -0.1) is 0 Å². The van der Waals surface area contributed by atoms with Crippen LogP contribution in [0.1, 0.15) is 43.5 Å². The van der Waals surface area contributed by atoms with E-state index in [9.17, 15) is 9.59 Å². The Labute approximate surface area is 119 Å². The predicted molar refractivity (Wildman–Crippen MR) is 74.2 cm³/mol. The number of aromatic nitrogens is 1. The van der Waals surface area contributed by atoms with Gasteiger partial charge < -0.3 is 9.47 Å². The molecule has 1 rings (SSSR count). The Morgan fingerprint density at radius 1 is 1.25 bits per heavy atom. The van der Waals surface area contributed by atoms with E-state index in [0.29, 0.717) is 31.6 Å². The maximum Gasteiger partial charge on any atom is 0.339 e. The lowest BCUT2D eigenvalue weighted by molar-refractivity contribution is -0.148. The van der Waals surface area contributed by atoms with Crippen molar-refractivity contribution in [3.63, 3.8) is 0 Å². The highest BCUT2D eigenvalue weighted by atomic mass is 16.5. The zero-order valence-corrected chi connectivity index (χ0v) is 12.0. The van der Waals surface area contributed by atoms with Gasteiger partial charge in [0.1, 0.15) is 0 Å². The summed E-state index contributed by atoms with van der Waals surface area (Å²) in [5.41, 5.74) is 0.440. The Balaban J connectivity index is 2.08. The first-order valence-corrected chi connectivity index (χ1v) is 6.89. The van der Waals surface area contributed by atoms with Gasteiger partial charge in [0.05, 0.1) is 24.7 Å². The maximum absolute atomic E-state index is 11.6. The van der Waals surface area contributed by atoms with Crippen LogP contribution in [0.4, 0.5) is 0 Å². The summed E-state index contributed by atoms with van der Waals surface area (Å²) >= 11 is 0. The predicted octanol–water partition coefficient (Wildman–Crippen LogP) is 2.61. The Morgan fingerprint density at radius 3 is 2.55 bits per heavy atom. The second-order valence-electron chi connectivity index (χ2n) is 4.56. The molecule has 0 spiro atoms. The molecule has 1 atom stereocenters. The number of rotatable bonds is 8. The van der Waals surface area contributed by atoms with E-state index in [1.165, 1.54) is 6.20 Å². The molecule has 1 aromatic rings. The van der Waals surface area contributed by atoms with Crippen molar-refractivity contribution in [1.29, 1.82) is 0 Å². The molecule has 0 fully saturated rings. The van der Waals surface area contributed by atoms with Crippen LogP contribution in [0.3, 0.4) is 0 Å². The highest BCUT2D eigenvalue weighted by Crippen LogP contribution is 2.04. The van der Waals surface area contributed by atoms with Crippen molar-refractivity contribution < 1.29 is 19.1 Å². The number of pyridine rings is 1. The van der Waals surface area contributed by atoms with Gasteiger partial charge in [0.2, 0.25) is 0 Å². The summed E-state index contributed by atoms with van der Waals surface area (Å²) in [6.07, 6.45) is 5.20. The third kappa shape index (κ3) is 5.82. The zero-order valence-electron chi connectivity index (χ0n) is 12.0. The smallest absolute Gasteiger partial charge is 0.339 e. The number of carbonyl (C=O) groups excluding carboxylic acids is 2. The lowest BCUT2D eigenvalue weighted by atomic mass is 10.1. The normalized spacial score (nSPS) is 11.7. The van der Waals surface area contributed by atoms with Gasteiger partial charge in [-0.05, 0) is 31.4 Å². The number of unbranched alkanes of at least 4 members (excludes halogenated alkanes) is 1. The van der Waals surface area contributed by atoms with Gasteiger partial charge in [-0.1, -0.05) is 13.8 Å². The molecule has 0 saturated heterocycles. The molecule has 5 nitrogen and oxygen atoms in total. The van der Waals surface area contributed by atoms with Crippen molar-refractivity contribution in [2.45, 2.75) is 33.1 Å². The zero-order chi connectivity index (χ0) is 14.8. The van der Waals surface area contributed by atoms with Crippen molar-refractivity contribution in [3.8, 4) is 0 Å². The number of esters is 2. The van der Waals surface area contributed by atoms with Crippen LogP contribution in [0, 0.1) is 5.92 Å². The molecular formula is C15H21NO4. The van der Waals surface area contributed by atoms with Crippen molar-refractivity contribution in [3.05, 3.63) is 30.1 Å².